The van der Waals surface area contributed by atoms with E-state index in [2.05, 4.69) is 30.8 Å². The Hall–Kier alpha value is -2.02. The van der Waals surface area contributed by atoms with Crippen molar-refractivity contribution >= 4 is 27.8 Å². The van der Waals surface area contributed by atoms with Crippen LogP contribution in [0.5, 0.6) is 0 Å². The van der Waals surface area contributed by atoms with Crippen LogP contribution < -0.4 is 4.90 Å². The van der Waals surface area contributed by atoms with Gasteiger partial charge < -0.3 is 9.80 Å². The van der Waals surface area contributed by atoms with E-state index in [4.69, 9.17) is 0 Å². The van der Waals surface area contributed by atoms with E-state index in [1.807, 2.05) is 24.8 Å². The molecule has 2 aliphatic rings. The number of amides is 1. The van der Waals surface area contributed by atoms with Crippen molar-refractivity contribution in [2.75, 3.05) is 24.5 Å². The molecule has 2 fully saturated rings. The third kappa shape index (κ3) is 3.09. The van der Waals surface area contributed by atoms with Gasteiger partial charge in [0.1, 0.15) is 5.82 Å². The number of fused-ring (bicyclic) bond motifs is 1. The minimum Gasteiger partial charge on any atom is -0.337 e. The molecule has 1 aromatic heterocycles. The van der Waals surface area contributed by atoms with Gasteiger partial charge in [-0.25, -0.2) is 14.4 Å². The highest BCUT2D eigenvalue weighted by Gasteiger charge is 2.45. The van der Waals surface area contributed by atoms with Gasteiger partial charge in [0.05, 0.1) is 11.6 Å². The van der Waals surface area contributed by atoms with Crippen molar-refractivity contribution in [3.63, 3.8) is 0 Å². The molecule has 0 unspecified atom stereocenters. The van der Waals surface area contributed by atoms with Crippen molar-refractivity contribution < 1.29 is 9.18 Å². The molecule has 2 atom stereocenters. The molecule has 0 saturated carbocycles. The number of hydrogen-bond donors (Lipinski definition) is 0. The highest BCUT2D eigenvalue weighted by Crippen LogP contribution is 2.35. The molecule has 136 valence electrons. The van der Waals surface area contributed by atoms with Crippen LogP contribution in [0, 0.1) is 25.6 Å². The maximum absolute atomic E-state index is 13.6. The molecule has 4 rings (SSSR count). The number of aromatic nitrogens is 2. The van der Waals surface area contributed by atoms with E-state index in [-0.39, 0.29) is 11.9 Å². The van der Waals surface area contributed by atoms with Gasteiger partial charge in [0.2, 0.25) is 5.95 Å². The Kier molecular flexibility index (Phi) is 4.42. The van der Waals surface area contributed by atoms with E-state index in [1.54, 1.807) is 6.07 Å². The van der Waals surface area contributed by atoms with Gasteiger partial charge in [0, 0.05) is 41.4 Å². The van der Waals surface area contributed by atoms with Crippen LogP contribution in [0.4, 0.5) is 10.3 Å². The molecule has 0 radical (unpaired) electrons. The van der Waals surface area contributed by atoms with Crippen LogP contribution >= 0.6 is 15.9 Å². The lowest BCUT2D eigenvalue weighted by Crippen LogP contribution is -2.65. The minimum atomic E-state index is -0.402. The molecule has 2 saturated heterocycles. The van der Waals surface area contributed by atoms with E-state index in [0.29, 0.717) is 29.0 Å². The Bertz CT molecular complexity index is 854. The van der Waals surface area contributed by atoms with Crippen LogP contribution in [-0.4, -0.2) is 46.5 Å². The Morgan fingerprint density at radius 2 is 1.92 bits per heavy atom. The van der Waals surface area contributed by atoms with Crippen molar-refractivity contribution in [2.24, 2.45) is 5.92 Å². The van der Waals surface area contributed by atoms with Gasteiger partial charge in [-0.15, -0.1) is 0 Å². The average molecular weight is 419 g/mol. The van der Waals surface area contributed by atoms with Gasteiger partial charge in [-0.3, -0.25) is 4.79 Å². The Morgan fingerprint density at radius 1 is 1.19 bits per heavy atom. The zero-order valence-corrected chi connectivity index (χ0v) is 16.3. The number of piperidine rings is 1. The highest BCUT2D eigenvalue weighted by atomic mass is 79.9. The second kappa shape index (κ2) is 6.61. The Labute approximate surface area is 160 Å². The fourth-order valence-electron chi connectivity index (χ4n) is 3.88. The maximum atomic E-state index is 13.6. The van der Waals surface area contributed by atoms with Crippen molar-refractivity contribution in [3.05, 3.63) is 51.5 Å². The van der Waals surface area contributed by atoms with Crippen LogP contribution in [-0.2, 0) is 0 Å². The summed E-state index contributed by atoms with van der Waals surface area (Å²) in [5.74, 6) is 0.757. The molecule has 0 spiro atoms. The quantitative estimate of drug-likeness (QED) is 0.750. The van der Waals surface area contributed by atoms with E-state index < -0.39 is 5.82 Å². The van der Waals surface area contributed by atoms with Gasteiger partial charge >= 0.3 is 0 Å². The summed E-state index contributed by atoms with van der Waals surface area (Å²) in [7, 11) is 0. The second-order valence-corrected chi connectivity index (χ2v) is 7.95. The van der Waals surface area contributed by atoms with Crippen LogP contribution in [0.2, 0.25) is 0 Å². The molecule has 7 heteroatoms. The third-order valence-electron chi connectivity index (χ3n) is 5.23. The maximum Gasteiger partial charge on any atom is 0.255 e. The van der Waals surface area contributed by atoms with Crippen molar-refractivity contribution in [1.82, 2.24) is 14.9 Å². The second-order valence-electron chi connectivity index (χ2n) is 7.09. The molecule has 26 heavy (non-hydrogen) atoms. The summed E-state index contributed by atoms with van der Waals surface area (Å²) in [5.41, 5.74) is 2.27. The molecule has 1 amide bonds. The lowest BCUT2D eigenvalue weighted by atomic mass is 9.82. The fourth-order valence-corrected chi connectivity index (χ4v) is 4.29. The Morgan fingerprint density at radius 3 is 2.65 bits per heavy atom. The monoisotopic (exact) mass is 418 g/mol. The third-order valence-corrected chi connectivity index (χ3v) is 5.92. The number of likely N-dealkylation sites (tertiary alicyclic amines) is 1. The molecule has 0 N–H and O–H groups in total. The molecule has 3 heterocycles. The summed E-state index contributed by atoms with van der Waals surface area (Å²) < 4.78 is 14.2. The van der Waals surface area contributed by atoms with Crippen LogP contribution in [0.1, 0.15) is 28.2 Å². The molecular weight excluding hydrogens is 399 g/mol. The zero-order chi connectivity index (χ0) is 18.4. The first-order valence-electron chi connectivity index (χ1n) is 8.75. The molecule has 2 aliphatic heterocycles. The van der Waals surface area contributed by atoms with Gasteiger partial charge in [-0.2, -0.15) is 0 Å². The summed E-state index contributed by atoms with van der Waals surface area (Å²) >= 11 is 3.36. The fraction of sp³-hybridized carbons (Fsp3) is 0.421. The van der Waals surface area contributed by atoms with Crippen molar-refractivity contribution in [2.45, 2.75) is 26.3 Å². The summed E-state index contributed by atoms with van der Waals surface area (Å²) in [4.78, 5) is 26.0. The first-order chi connectivity index (χ1) is 12.4. The van der Waals surface area contributed by atoms with Gasteiger partial charge in [0.25, 0.3) is 5.91 Å². The number of nitrogens with zero attached hydrogens (tertiary/aromatic N) is 4. The van der Waals surface area contributed by atoms with Crippen LogP contribution in [0.3, 0.4) is 0 Å². The van der Waals surface area contributed by atoms with Gasteiger partial charge in [-0.05, 0) is 60.5 Å². The molecule has 0 bridgehead atoms. The number of halogens is 2. The first-order valence-corrected chi connectivity index (χ1v) is 9.55. The number of carbonyl (C=O) groups is 1. The number of rotatable bonds is 2. The SMILES string of the molecule is Cc1cc(C)nc(N2C[C@@H]3CCN(C(=O)c4cc(F)ccc4Br)C[C@@H]32)n1. The van der Waals surface area contributed by atoms with Gasteiger partial charge in [-0.1, -0.05) is 0 Å². The van der Waals surface area contributed by atoms with Crippen LogP contribution in [0.15, 0.2) is 28.7 Å². The van der Waals surface area contributed by atoms with E-state index in [0.717, 1.165) is 30.3 Å². The normalized spacial score (nSPS) is 22.0. The lowest BCUT2D eigenvalue weighted by Gasteiger charge is -2.53. The van der Waals surface area contributed by atoms with Crippen LogP contribution in [0.25, 0.3) is 0 Å². The molecular formula is C19H20BrFN4O. The zero-order valence-electron chi connectivity index (χ0n) is 14.7. The van der Waals surface area contributed by atoms with Crippen molar-refractivity contribution in [1.29, 1.82) is 0 Å². The minimum absolute atomic E-state index is 0.136. The topological polar surface area (TPSA) is 49.3 Å². The van der Waals surface area contributed by atoms with Gasteiger partial charge in [0.15, 0.2) is 0 Å². The smallest absolute Gasteiger partial charge is 0.255 e. The molecule has 1 aromatic carbocycles. The van der Waals surface area contributed by atoms with E-state index >= 15 is 0 Å². The summed E-state index contributed by atoms with van der Waals surface area (Å²) in [5, 5.41) is 0. The summed E-state index contributed by atoms with van der Waals surface area (Å²) in [6.07, 6.45) is 0.949. The average Bonchev–Trinajstić information content (AvgIpc) is 2.57. The highest BCUT2D eigenvalue weighted by molar-refractivity contribution is 9.10. The number of anilines is 1. The van der Waals surface area contributed by atoms with E-state index in [9.17, 15) is 9.18 Å². The first kappa shape index (κ1) is 17.4. The van der Waals surface area contributed by atoms with Crippen molar-refractivity contribution in [3.8, 4) is 0 Å². The number of benzene rings is 1. The predicted molar refractivity (Wildman–Crippen MR) is 101 cm³/mol. The standard InChI is InChI=1S/C19H20BrFN4O/c1-11-7-12(2)23-19(22-11)25-9-13-5-6-24(10-17(13)25)18(26)15-8-14(21)3-4-16(15)20/h3-4,7-8,13,17H,5-6,9-10H2,1-2H3/t13-,17-/m0/s1. The Balaban J connectivity index is 1.53. The number of carbonyl (C=O) groups excluding carboxylic acids is 1. The summed E-state index contributed by atoms with van der Waals surface area (Å²) in [6.45, 7) is 6.17. The lowest BCUT2D eigenvalue weighted by molar-refractivity contribution is 0.0588. The molecule has 0 aliphatic carbocycles. The predicted octanol–water partition coefficient (Wildman–Crippen LogP) is 3.35. The van der Waals surface area contributed by atoms with E-state index in [1.165, 1.54) is 12.1 Å². The number of hydrogen-bond acceptors (Lipinski definition) is 4. The largest absolute Gasteiger partial charge is 0.337 e. The molecule has 2 aromatic rings. The summed E-state index contributed by atoms with van der Waals surface area (Å²) in [6, 6.07) is 6.40. The number of aryl methyl sites for hydroxylation is 2. The molecule has 5 nitrogen and oxygen atoms in total.